The van der Waals surface area contributed by atoms with Crippen molar-refractivity contribution in [3.63, 3.8) is 0 Å². The molecule has 0 aliphatic heterocycles. The first-order valence-electron chi connectivity index (χ1n) is 5.05. The summed E-state index contributed by atoms with van der Waals surface area (Å²) in [7, 11) is -1.77. The Labute approximate surface area is 98.2 Å². The predicted octanol–water partition coefficient (Wildman–Crippen LogP) is 1.30. The standard InChI is InChI=1S/C12H10BFO3/c14-9-6-7-12(11(8-9)13(15)16)17-10-4-2-1-3-5-10/h1-8,15-16H. The Morgan fingerprint density at radius 3 is 2.35 bits per heavy atom. The van der Waals surface area contributed by atoms with Crippen molar-refractivity contribution in [1.82, 2.24) is 0 Å². The maximum absolute atomic E-state index is 13.0. The van der Waals surface area contributed by atoms with Crippen LogP contribution < -0.4 is 10.2 Å². The van der Waals surface area contributed by atoms with Gasteiger partial charge in [0.05, 0.1) is 0 Å². The lowest BCUT2D eigenvalue weighted by molar-refractivity contribution is 0.420. The highest BCUT2D eigenvalue weighted by Gasteiger charge is 2.18. The van der Waals surface area contributed by atoms with Gasteiger partial charge in [0, 0.05) is 5.46 Å². The second kappa shape index (κ2) is 4.99. The molecule has 0 radical (unpaired) electrons. The average Bonchev–Trinajstić information content (AvgIpc) is 2.32. The summed E-state index contributed by atoms with van der Waals surface area (Å²) < 4.78 is 18.4. The molecule has 0 bridgehead atoms. The van der Waals surface area contributed by atoms with Gasteiger partial charge in [0.2, 0.25) is 0 Å². The van der Waals surface area contributed by atoms with Crippen molar-refractivity contribution < 1.29 is 19.2 Å². The van der Waals surface area contributed by atoms with E-state index in [9.17, 15) is 4.39 Å². The SMILES string of the molecule is OB(O)c1cc(F)ccc1Oc1ccccc1. The third-order valence-electron chi connectivity index (χ3n) is 2.22. The molecular weight excluding hydrogens is 222 g/mol. The number of hydrogen-bond acceptors (Lipinski definition) is 3. The van der Waals surface area contributed by atoms with Gasteiger partial charge in [-0.05, 0) is 30.3 Å². The van der Waals surface area contributed by atoms with Crippen LogP contribution in [0.5, 0.6) is 11.5 Å². The van der Waals surface area contributed by atoms with Crippen LogP contribution in [0.3, 0.4) is 0 Å². The van der Waals surface area contributed by atoms with Gasteiger partial charge in [-0.2, -0.15) is 0 Å². The van der Waals surface area contributed by atoms with Crippen molar-refractivity contribution in [2.24, 2.45) is 0 Å². The zero-order valence-corrected chi connectivity index (χ0v) is 8.88. The lowest BCUT2D eigenvalue weighted by Crippen LogP contribution is -2.31. The van der Waals surface area contributed by atoms with Gasteiger partial charge in [-0.1, -0.05) is 18.2 Å². The van der Waals surface area contributed by atoms with Gasteiger partial charge >= 0.3 is 7.12 Å². The van der Waals surface area contributed by atoms with Crippen LogP contribution in [-0.4, -0.2) is 17.2 Å². The monoisotopic (exact) mass is 232 g/mol. The second-order valence-electron chi connectivity index (χ2n) is 3.47. The van der Waals surface area contributed by atoms with E-state index in [0.29, 0.717) is 5.75 Å². The number of hydrogen-bond donors (Lipinski definition) is 2. The van der Waals surface area contributed by atoms with Gasteiger partial charge in [0.25, 0.3) is 0 Å². The van der Waals surface area contributed by atoms with E-state index < -0.39 is 12.9 Å². The fraction of sp³-hybridized carbons (Fsp3) is 0. The van der Waals surface area contributed by atoms with Gasteiger partial charge in [-0.3, -0.25) is 0 Å². The summed E-state index contributed by atoms with van der Waals surface area (Å²) in [4.78, 5) is 0. The van der Waals surface area contributed by atoms with Crippen LogP contribution in [0.25, 0.3) is 0 Å². The molecule has 0 saturated carbocycles. The molecule has 2 N–H and O–H groups in total. The van der Waals surface area contributed by atoms with Crippen LogP contribution in [0, 0.1) is 5.82 Å². The first kappa shape index (κ1) is 11.6. The first-order chi connectivity index (χ1) is 8.16. The molecule has 5 heteroatoms. The van der Waals surface area contributed by atoms with Crippen LogP contribution in [0.4, 0.5) is 4.39 Å². The van der Waals surface area contributed by atoms with Crippen LogP contribution >= 0.6 is 0 Å². The Morgan fingerprint density at radius 1 is 1.00 bits per heavy atom. The molecule has 0 fully saturated rings. The highest BCUT2D eigenvalue weighted by atomic mass is 19.1. The zero-order chi connectivity index (χ0) is 12.3. The number of ether oxygens (including phenoxy) is 1. The van der Waals surface area contributed by atoms with Gasteiger partial charge in [-0.15, -0.1) is 0 Å². The normalized spacial score (nSPS) is 10.1. The van der Waals surface area contributed by atoms with Gasteiger partial charge in [0.15, 0.2) is 0 Å². The maximum Gasteiger partial charge on any atom is 0.492 e. The summed E-state index contributed by atoms with van der Waals surface area (Å²) in [5, 5.41) is 18.2. The molecule has 86 valence electrons. The van der Waals surface area contributed by atoms with Crippen LogP contribution in [0.1, 0.15) is 0 Å². The molecule has 2 aromatic rings. The summed E-state index contributed by atoms with van der Waals surface area (Å²) in [6.45, 7) is 0. The minimum absolute atomic E-state index is 0.00569. The van der Waals surface area contributed by atoms with E-state index in [1.54, 1.807) is 24.3 Å². The number of rotatable bonds is 3. The molecule has 3 nitrogen and oxygen atoms in total. The summed E-state index contributed by atoms with van der Waals surface area (Å²) in [5.41, 5.74) is -0.00569. The van der Waals surface area contributed by atoms with Crippen molar-refractivity contribution in [3.05, 3.63) is 54.3 Å². The van der Waals surface area contributed by atoms with Crippen LogP contribution in [0.2, 0.25) is 0 Å². The molecule has 0 aliphatic carbocycles. The topological polar surface area (TPSA) is 49.7 Å². The molecule has 0 saturated heterocycles. The van der Waals surface area contributed by atoms with E-state index in [4.69, 9.17) is 14.8 Å². The third-order valence-corrected chi connectivity index (χ3v) is 2.22. The third kappa shape index (κ3) is 2.84. The highest BCUT2D eigenvalue weighted by Crippen LogP contribution is 2.19. The molecule has 0 spiro atoms. The Kier molecular flexibility index (Phi) is 3.42. The van der Waals surface area contributed by atoms with Crippen molar-refractivity contribution in [2.75, 3.05) is 0 Å². The summed E-state index contributed by atoms with van der Waals surface area (Å²) in [6.07, 6.45) is 0. The van der Waals surface area contributed by atoms with Crippen molar-refractivity contribution in [2.45, 2.75) is 0 Å². The quantitative estimate of drug-likeness (QED) is 0.784. The summed E-state index contributed by atoms with van der Waals surface area (Å²) >= 11 is 0. The van der Waals surface area contributed by atoms with E-state index in [1.807, 2.05) is 6.07 Å². The van der Waals surface area contributed by atoms with E-state index in [0.717, 1.165) is 6.07 Å². The minimum Gasteiger partial charge on any atom is -0.458 e. The lowest BCUT2D eigenvalue weighted by Gasteiger charge is -2.10. The number of halogens is 1. The average molecular weight is 232 g/mol. The first-order valence-corrected chi connectivity index (χ1v) is 5.05. The molecule has 2 aromatic carbocycles. The molecule has 0 amide bonds. The molecule has 0 atom stereocenters. The Balaban J connectivity index is 2.33. The fourth-order valence-corrected chi connectivity index (χ4v) is 1.43. The molecule has 0 aromatic heterocycles. The Bertz CT molecular complexity index is 502. The highest BCUT2D eigenvalue weighted by molar-refractivity contribution is 6.59. The van der Waals surface area contributed by atoms with Crippen molar-refractivity contribution >= 4 is 12.6 Å². The van der Waals surface area contributed by atoms with E-state index in [2.05, 4.69) is 0 Å². The fourth-order valence-electron chi connectivity index (χ4n) is 1.43. The molecule has 17 heavy (non-hydrogen) atoms. The van der Waals surface area contributed by atoms with Gasteiger partial charge in [-0.25, -0.2) is 4.39 Å². The lowest BCUT2D eigenvalue weighted by atomic mass is 9.79. The Hall–Kier alpha value is -1.85. The number of benzene rings is 2. The molecule has 0 heterocycles. The molecule has 0 aliphatic rings. The summed E-state index contributed by atoms with van der Waals surface area (Å²) in [6, 6.07) is 12.4. The van der Waals surface area contributed by atoms with Crippen molar-refractivity contribution in [1.29, 1.82) is 0 Å². The number of para-hydroxylation sites is 1. The smallest absolute Gasteiger partial charge is 0.458 e. The van der Waals surface area contributed by atoms with Gasteiger partial charge in [0.1, 0.15) is 17.3 Å². The summed E-state index contributed by atoms with van der Waals surface area (Å²) in [5.74, 6) is 0.210. The van der Waals surface area contributed by atoms with Crippen molar-refractivity contribution in [3.8, 4) is 11.5 Å². The van der Waals surface area contributed by atoms with Crippen LogP contribution in [-0.2, 0) is 0 Å². The largest absolute Gasteiger partial charge is 0.492 e. The predicted molar refractivity (Wildman–Crippen MR) is 62.7 cm³/mol. The molecule has 0 unspecified atom stereocenters. The zero-order valence-electron chi connectivity index (χ0n) is 8.88. The van der Waals surface area contributed by atoms with E-state index >= 15 is 0 Å². The van der Waals surface area contributed by atoms with E-state index in [1.165, 1.54) is 12.1 Å². The second-order valence-corrected chi connectivity index (χ2v) is 3.47. The minimum atomic E-state index is -1.77. The van der Waals surface area contributed by atoms with Gasteiger partial charge < -0.3 is 14.8 Å². The Morgan fingerprint density at radius 2 is 1.71 bits per heavy atom. The molecular formula is C12H10BFO3. The molecule has 2 rings (SSSR count). The van der Waals surface area contributed by atoms with E-state index in [-0.39, 0.29) is 11.2 Å². The van der Waals surface area contributed by atoms with Crippen LogP contribution in [0.15, 0.2) is 48.5 Å². The maximum atomic E-state index is 13.0.